The molecule has 0 bridgehead atoms. The van der Waals surface area contributed by atoms with Crippen LogP contribution in [-0.4, -0.2) is 18.6 Å². The lowest BCUT2D eigenvalue weighted by Gasteiger charge is -2.12. The number of para-hydroxylation sites is 1. The van der Waals surface area contributed by atoms with Gasteiger partial charge in [-0.1, -0.05) is 37.3 Å². The van der Waals surface area contributed by atoms with Crippen LogP contribution in [0.4, 0.5) is 5.13 Å². The molecular weight excluding hydrogens is 256 g/mol. The molecule has 0 aliphatic heterocycles. The number of aromatic nitrogens is 1. The van der Waals surface area contributed by atoms with Gasteiger partial charge in [0.2, 0.25) is 0 Å². The van der Waals surface area contributed by atoms with Crippen LogP contribution in [0.15, 0.2) is 24.3 Å². The van der Waals surface area contributed by atoms with Gasteiger partial charge in [0.1, 0.15) is 5.75 Å². The van der Waals surface area contributed by atoms with Gasteiger partial charge in [-0.2, -0.15) is 0 Å². The number of benzene rings is 1. The summed E-state index contributed by atoms with van der Waals surface area (Å²) >= 11 is 1.66. The zero-order valence-electron chi connectivity index (χ0n) is 11.9. The van der Waals surface area contributed by atoms with Gasteiger partial charge in [-0.05, 0) is 25.0 Å². The van der Waals surface area contributed by atoms with Gasteiger partial charge < -0.3 is 10.1 Å². The van der Waals surface area contributed by atoms with Crippen molar-refractivity contribution in [3.63, 3.8) is 0 Å². The number of ether oxygens (including phenoxy) is 1. The molecule has 0 unspecified atom stereocenters. The lowest BCUT2D eigenvalue weighted by molar-refractivity contribution is 0.272. The van der Waals surface area contributed by atoms with Crippen LogP contribution in [0.25, 0.3) is 10.4 Å². The minimum absolute atomic E-state index is 0.517. The topological polar surface area (TPSA) is 34.2 Å². The zero-order chi connectivity index (χ0) is 13.8. The molecule has 0 saturated heterocycles. The first kappa shape index (κ1) is 13.9. The maximum atomic E-state index is 5.91. The molecule has 0 spiro atoms. The SMILES string of the molecule is CNc1nc(C)c(-c2ccccc2OCC(C)C)s1. The smallest absolute Gasteiger partial charge is 0.183 e. The molecule has 0 saturated carbocycles. The molecule has 0 amide bonds. The Bertz CT molecular complexity index is 549. The van der Waals surface area contributed by atoms with Gasteiger partial charge in [0, 0.05) is 12.6 Å². The van der Waals surface area contributed by atoms with Crippen LogP contribution in [0.1, 0.15) is 19.5 Å². The third kappa shape index (κ3) is 3.26. The van der Waals surface area contributed by atoms with Crippen molar-refractivity contribution in [1.82, 2.24) is 4.98 Å². The largest absolute Gasteiger partial charge is 0.493 e. The second-order valence-corrected chi connectivity index (χ2v) is 5.88. The maximum Gasteiger partial charge on any atom is 0.183 e. The average Bonchev–Trinajstić information content (AvgIpc) is 2.78. The second-order valence-electron chi connectivity index (χ2n) is 4.88. The highest BCUT2D eigenvalue weighted by atomic mass is 32.1. The number of hydrogen-bond donors (Lipinski definition) is 1. The van der Waals surface area contributed by atoms with E-state index in [4.69, 9.17) is 4.74 Å². The van der Waals surface area contributed by atoms with Crippen LogP contribution < -0.4 is 10.1 Å². The van der Waals surface area contributed by atoms with Crippen LogP contribution in [-0.2, 0) is 0 Å². The fourth-order valence-electron chi connectivity index (χ4n) is 1.79. The van der Waals surface area contributed by atoms with Crippen LogP contribution >= 0.6 is 11.3 Å². The molecule has 1 aromatic heterocycles. The summed E-state index contributed by atoms with van der Waals surface area (Å²) in [4.78, 5) is 5.66. The second kappa shape index (κ2) is 6.06. The van der Waals surface area contributed by atoms with Crippen LogP contribution in [0.5, 0.6) is 5.75 Å². The zero-order valence-corrected chi connectivity index (χ0v) is 12.7. The van der Waals surface area contributed by atoms with Crippen LogP contribution in [0.3, 0.4) is 0 Å². The third-order valence-corrected chi connectivity index (χ3v) is 3.92. The number of nitrogens with zero attached hydrogens (tertiary/aromatic N) is 1. The predicted octanol–water partition coefficient (Wildman–Crippen LogP) is 4.20. The fourth-order valence-corrected chi connectivity index (χ4v) is 2.74. The molecule has 0 radical (unpaired) electrons. The highest BCUT2D eigenvalue weighted by molar-refractivity contribution is 7.19. The van der Waals surface area contributed by atoms with Crippen molar-refractivity contribution in [3.8, 4) is 16.2 Å². The van der Waals surface area contributed by atoms with E-state index in [9.17, 15) is 0 Å². The fraction of sp³-hybridized carbons (Fsp3) is 0.400. The third-order valence-electron chi connectivity index (χ3n) is 2.71. The van der Waals surface area contributed by atoms with Gasteiger partial charge in [-0.25, -0.2) is 4.98 Å². The highest BCUT2D eigenvalue weighted by Gasteiger charge is 2.13. The quantitative estimate of drug-likeness (QED) is 0.889. The van der Waals surface area contributed by atoms with Gasteiger partial charge in [-0.15, -0.1) is 0 Å². The summed E-state index contributed by atoms with van der Waals surface area (Å²) in [5.74, 6) is 1.45. The first-order valence-electron chi connectivity index (χ1n) is 6.49. The number of nitrogens with one attached hydrogen (secondary N) is 1. The average molecular weight is 276 g/mol. The molecule has 1 heterocycles. The monoisotopic (exact) mass is 276 g/mol. The van der Waals surface area contributed by atoms with Crippen molar-refractivity contribution in [2.45, 2.75) is 20.8 Å². The van der Waals surface area contributed by atoms with Gasteiger partial charge in [-0.3, -0.25) is 0 Å². The van der Waals surface area contributed by atoms with E-state index >= 15 is 0 Å². The van der Waals surface area contributed by atoms with E-state index < -0.39 is 0 Å². The van der Waals surface area contributed by atoms with Crippen molar-refractivity contribution in [2.24, 2.45) is 5.92 Å². The van der Waals surface area contributed by atoms with Gasteiger partial charge in [0.25, 0.3) is 0 Å². The maximum absolute atomic E-state index is 5.91. The molecule has 0 aliphatic carbocycles. The molecule has 102 valence electrons. The van der Waals surface area contributed by atoms with Crippen molar-refractivity contribution in [1.29, 1.82) is 0 Å². The Morgan fingerprint density at radius 3 is 2.68 bits per heavy atom. The lowest BCUT2D eigenvalue weighted by atomic mass is 10.1. The van der Waals surface area contributed by atoms with Crippen molar-refractivity contribution >= 4 is 16.5 Å². The summed E-state index contributed by atoms with van der Waals surface area (Å²) in [6.45, 7) is 7.07. The number of thiazole rings is 1. The minimum atomic E-state index is 0.517. The number of rotatable bonds is 5. The van der Waals surface area contributed by atoms with Gasteiger partial charge >= 0.3 is 0 Å². The molecule has 4 heteroatoms. The van der Waals surface area contributed by atoms with Crippen LogP contribution in [0.2, 0.25) is 0 Å². The Kier molecular flexibility index (Phi) is 4.43. The highest BCUT2D eigenvalue weighted by Crippen LogP contribution is 2.38. The first-order valence-corrected chi connectivity index (χ1v) is 7.31. The summed E-state index contributed by atoms with van der Waals surface area (Å²) in [6, 6.07) is 8.16. The van der Waals surface area contributed by atoms with Crippen molar-refractivity contribution in [3.05, 3.63) is 30.0 Å². The van der Waals surface area contributed by atoms with Gasteiger partial charge in [0.05, 0.1) is 17.2 Å². The molecule has 0 fully saturated rings. The minimum Gasteiger partial charge on any atom is -0.493 e. The molecule has 3 nitrogen and oxygen atoms in total. The summed E-state index contributed by atoms with van der Waals surface area (Å²) in [6.07, 6.45) is 0. The summed E-state index contributed by atoms with van der Waals surface area (Å²) in [7, 11) is 1.89. The summed E-state index contributed by atoms with van der Waals surface area (Å²) in [5, 5.41) is 4.03. The molecule has 2 rings (SSSR count). The molecule has 1 aromatic carbocycles. The summed E-state index contributed by atoms with van der Waals surface area (Å²) < 4.78 is 5.91. The number of anilines is 1. The molecule has 0 aliphatic rings. The van der Waals surface area contributed by atoms with Crippen molar-refractivity contribution in [2.75, 3.05) is 19.0 Å². The van der Waals surface area contributed by atoms with E-state index in [1.165, 1.54) is 4.88 Å². The summed E-state index contributed by atoms with van der Waals surface area (Å²) in [5.41, 5.74) is 2.16. The van der Waals surface area contributed by atoms with E-state index in [1.807, 2.05) is 32.2 Å². The Hall–Kier alpha value is -1.55. The number of aryl methyl sites for hydroxylation is 1. The predicted molar refractivity (Wildman–Crippen MR) is 82.2 cm³/mol. The molecule has 2 aromatic rings. The molecule has 19 heavy (non-hydrogen) atoms. The van der Waals surface area contributed by atoms with E-state index in [0.29, 0.717) is 5.92 Å². The standard InChI is InChI=1S/C15H20N2OS/c1-10(2)9-18-13-8-6-5-7-12(13)14-11(3)17-15(16-4)19-14/h5-8,10H,9H2,1-4H3,(H,16,17). The van der Waals surface area contributed by atoms with E-state index in [1.54, 1.807) is 11.3 Å². The normalized spacial score (nSPS) is 10.8. The van der Waals surface area contributed by atoms with Gasteiger partial charge in [0.15, 0.2) is 5.13 Å². The molecule has 1 N–H and O–H groups in total. The van der Waals surface area contributed by atoms with Crippen LogP contribution in [0, 0.1) is 12.8 Å². The van der Waals surface area contributed by atoms with Crippen molar-refractivity contribution < 1.29 is 4.74 Å². The Morgan fingerprint density at radius 2 is 2.05 bits per heavy atom. The Morgan fingerprint density at radius 1 is 1.32 bits per heavy atom. The van der Waals surface area contributed by atoms with E-state index in [2.05, 4.69) is 30.2 Å². The lowest BCUT2D eigenvalue weighted by Crippen LogP contribution is -2.05. The van der Waals surface area contributed by atoms with E-state index in [-0.39, 0.29) is 0 Å². The molecule has 0 atom stereocenters. The Labute approximate surface area is 118 Å². The van der Waals surface area contributed by atoms with E-state index in [0.717, 1.165) is 28.7 Å². The Balaban J connectivity index is 2.35. The molecular formula is C15H20N2OS. The number of hydrogen-bond acceptors (Lipinski definition) is 4. The first-order chi connectivity index (χ1) is 9.11.